The van der Waals surface area contributed by atoms with Crippen molar-refractivity contribution in [2.45, 2.75) is 57.8 Å². The molecule has 0 atom stereocenters. The molecule has 0 aromatic heterocycles. The molecule has 23 heavy (non-hydrogen) atoms. The Hall–Kier alpha value is -0.280. The summed E-state index contributed by atoms with van der Waals surface area (Å²) in [5.74, 6) is 3.20. The average molecular weight is 339 g/mol. The summed E-state index contributed by atoms with van der Waals surface area (Å²) in [6.07, 6.45) is 11.8. The van der Waals surface area contributed by atoms with Crippen molar-refractivity contribution in [2.75, 3.05) is 26.2 Å². The number of hydrogen-bond acceptors (Lipinski definition) is 2. The summed E-state index contributed by atoms with van der Waals surface area (Å²) in [6.45, 7) is 4.43. The van der Waals surface area contributed by atoms with Crippen molar-refractivity contribution >= 4 is 18.3 Å². The van der Waals surface area contributed by atoms with Gasteiger partial charge in [-0.15, -0.1) is 12.4 Å². The Balaban J connectivity index is 0.00000135. The van der Waals surface area contributed by atoms with Gasteiger partial charge in [-0.25, -0.2) is 0 Å². The smallest absolute Gasteiger partial charge is 0.228 e. The molecule has 4 saturated carbocycles. The number of piperidine rings is 1. The maximum absolute atomic E-state index is 13.4. The van der Waals surface area contributed by atoms with E-state index in [1.165, 1.54) is 70.9 Å². The lowest BCUT2D eigenvalue weighted by Gasteiger charge is -2.57. The van der Waals surface area contributed by atoms with E-state index in [-0.39, 0.29) is 17.8 Å². The molecule has 3 nitrogen and oxygen atoms in total. The normalized spacial score (nSPS) is 43.7. The van der Waals surface area contributed by atoms with E-state index in [4.69, 9.17) is 0 Å². The highest BCUT2D eigenvalue weighted by molar-refractivity contribution is 5.85. The highest BCUT2D eigenvalue weighted by Crippen LogP contribution is 2.60. The summed E-state index contributed by atoms with van der Waals surface area (Å²) in [4.78, 5) is 15.6. The largest absolute Gasteiger partial charge is 0.342 e. The van der Waals surface area contributed by atoms with Gasteiger partial charge in [-0.05, 0) is 87.5 Å². The van der Waals surface area contributed by atoms with E-state index in [9.17, 15) is 4.79 Å². The van der Waals surface area contributed by atoms with Crippen LogP contribution in [0.4, 0.5) is 0 Å². The van der Waals surface area contributed by atoms with Crippen LogP contribution >= 0.6 is 12.4 Å². The molecule has 4 heteroatoms. The fourth-order valence-electron chi connectivity index (χ4n) is 7.11. The minimum Gasteiger partial charge on any atom is -0.342 e. The maximum Gasteiger partial charge on any atom is 0.228 e. The summed E-state index contributed by atoms with van der Waals surface area (Å²) < 4.78 is 0. The lowest BCUT2D eigenvalue weighted by molar-refractivity contribution is -0.159. The second kappa shape index (κ2) is 5.62. The van der Waals surface area contributed by atoms with Gasteiger partial charge in [0.15, 0.2) is 0 Å². The number of hydrogen-bond donors (Lipinski definition) is 1. The Bertz CT molecular complexity index is 440. The third-order valence-corrected chi connectivity index (χ3v) is 7.94. The number of amides is 1. The number of carbonyl (C=O) groups excluding carboxylic acids is 1. The van der Waals surface area contributed by atoms with Crippen molar-refractivity contribution in [1.29, 1.82) is 0 Å². The van der Waals surface area contributed by atoms with Crippen molar-refractivity contribution in [2.24, 2.45) is 28.6 Å². The first kappa shape index (κ1) is 16.2. The summed E-state index contributed by atoms with van der Waals surface area (Å²) in [5.41, 5.74) is 0.603. The van der Waals surface area contributed by atoms with Gasteiger partial charge >= 0.3 is 0 Å². The Morgan fingerprint density at radius 3 is 1.96 bits per heavy atom. The summed E-state index contributed by atoms with van der Waals surface area (Å²) in [5, 5.41) is 3.53. The molecule has 2 saturated heterocycles. The van der Waals surface area contributed by atoms with Crippen molar-refractivity contribution < 1.29 is 4.79 Å². The van der Waals surface area contributed by atoms with Crippen LogP contribution in [0, 0.1) is 28.6 Å². The molecule has 0 aromatic carbocycles. The Kier molecular flexibility index (Phi) is 3.96. The quantitative estimate of drug-likeness (QED) is 0.796. The molecule has 130 valence electrons. The van der Waals surface area contributed by atoms with E-state index in [1.807, 2.05) is 0 Å². The van der Waals surface area contributed by atoms with Crippen LogP contribution in [0.1, 0.15) is 57.8 Å². The molecule has 1 spiro atoms. The molecule has 0 radical (unpaired) electrons. The van der Waals surface area contributed by atoms with Crippen LogP contribution in [0.5, 0.6) is 0 Å². The van der Waals surface area contributed by atoms with E-state index in [0.29, 0.717) is 11.3 Å². The first-order chi connectivity index (χ1) is 10.7. The Labute approximate surface area is 146 Å². The number of nitrogens with one attached hydrogen (secondary N) is 1. The van der Waals surface area contributed by atoms with Gasteiger partial charge in [0.25, 0.3) is 0 Å². The lowest BCUT2D eigenvalue weighted by Crippen LogP contribution is -2.56. The molecule has 1 amide bonds. The van der Waals surface area contributed by atoms with Crippen LogP contribution in [-0.4, -0.2) is 37.0 Å². The third-order valence-electron chi connectivity index (χ3n) is 7.94. The molecular formula is C19H31ClN2O. The number of halogens is 1. The standard InChI is InChI=1S/C19H30N2O.ClH/c22-17(21-5-2-18(3-6-21)1-4-20-13-18)19-10-14-7-15(11-19)9-16(8-14)12-19;/h14-16,20H,1-13H2;1H. The third kappa shape index (κ3) is 2.54. The predicted octanol–water partition coefficient (Wildman–Crippen LogP) is 3.23. The first-order valence-electron chi connectivity index (χ1n) is 9.67. The van der Waals surface area contributed by atoms with Gasteiger partial charge in [-0.1, -0.05) is 0 Å². The van der Waals surface area contributed by atoms with Gasteiger partial charge < -0.3 is 10.2 Å². The van der Waals surface area contributed by atoms with Crippen LogP contribution in [0.15, 0.2) is 0 Å². The van der Waals surface area contributed by atoms with E-state index in [0.717, 1.165) is 30.8 Å². The molecule has 6 fully saturated rings. The minimum atomic E-state index is 0. The zero-order valence-corrected chi connectivity index (χ0v) is 15.0. The van der Waals surface area contributed by atoms with Gasteiger partial charge in [0.05, 0.1) is 5.41 Å². The number of rotatable bonds is 1. The van der Waals surface area contributed by atoms with Gasteiger partial charge in [0, 0.05) is 19.6 Å². The number of likely N-dealkylation sites (tertiary alicyclic amines) is 1. The summed E-state index contributed by atoms with van der Waals surface area (Å²) in [7, 11) is 0. The lowest BCUT2D eigenvalue weighted by atomic mass is 9.49. The first-order valence-corrected chi connectivity index (χ1v) is 9.67. The molecule has 0 aromatic rings. The predicted molar refractivity (Wildman–Crippen MR) is 93.6 cm³/mol. The topological polar surface area (TPSA) is 32.3 Å². The summed E-state index contributed by atoms with van der Waals surface area (Å²) >= 11 is 0. The van der Waals surface area contributed by atoms with Gasteiger partial charge in [-0.2, -0.15) is 0 Å². The zero-order valence-electron chi connectivity index (χ0n) is 14.2. The van der Waals surface area contributed by atoms with Crippen LogP contribution in [0.2, 0.25) is 0 Å². The molecule has 2 heterocycles. The summed E-state index contributed by atoms with van der Waals surface area (Å²) in [6, 6.07) is 0. The van der Waals surface area contributed by atoms with Crippen molar-refractivity contribution in [3.05, 3.63) is 0 Å². The monoisotopic (exact) mass is 338 g/mol. The van der Waals surface area contributed by atoms with E-state index in [1.54, 1.807) is 0 Å². The van der Waals surface area contributed by atoms with Crippen LogP contribution in [-0.2, 0) is 4.79 Å². The molecule has 4 aliphatic carbocycles. The van der Waals surface area contributed by atoms with Gasteiger partial charge in [0.2, 0.25) is 5.91 Å². The van der Waals surface area contributed by atoms with Crippen LogP contribution in [0.25, 0.3) is 0 Å². The fraction of sp³-hybridized carbons (Fsp3) is 0.947. The van der Waals surface area contributed by atoms with Gasteiger partial charge in [-0.3, -0.25) is 4.79 Å². The molecular weight excluding hydrogens is 308 g/mol. The van der Waals surface area contributed by atoms with E-state index >= 15 is 0 Å². The average Bonchev–Trinajstić information content (AvgIpc) is 2.94. The van der Waals surface area contributed by atoms with E-state index < -0.39 is 0 Å². The van der Waals surface area contributed by atoms with Gasteiger partial charge in [0.1, 0.15) is 0 Å². The zero-order chi connectivity index (χ0) is 14.8. The number of carbonyl (C=O) groups is 1. The van der Waals surface area contributed by atoms with Crippen LogP contribution < -0.4 is 5.32 Å². The molecule has 6 rings (SSSR count). The number of nitrogens with zero attached hydrogens (tertiary/aromatic N) is 1. The molecule has 6 aliphatic rings. The molecule has 4 bridgehead atoms. The van der Waals surface area contributed by atoms with Crippen molar-refractivity contribution in [3.63, 3.8) is 0 Å². The van der Waals surface area contributed by atoms with E-state index in [2.05, 4.69) is 10.2 Å². The minimum absolute atomic E-state index is 0. The fourth-order valence-corrected chi connectivity index (χ4v) is 7.11. The highest BCUT2D eigenvalue weighted by atomic mass is 35.5. The highest BCUT2D eigenvalue weighted by Gasteiger charge is 2.56. The Morgan fingerprint density at radius 2 is 1.48 bits per heavy atom. The molecule has 0 unspecified atom stereocenters. The molecule has 2 aliphatic heterocycles. The second-order valence-corrected chi connectivity index (χ2v) is 9.42. The van der Waals surface area contributed by atoms with Crippen molar-refractivity contribution in [3.8, 4) is 0 Å². The second-order valence-electron chi connectivity index (χ2n) is 9.42. The van der Waals surface area contributed by atoms with Crippen LogP contribution in [0.3, 0.4) is 0 Å². The van der Waals surface area contributed by atoms with Crippen molar-refractivity contribution in [1.82, 2.24) is 10.2 Å². The maximum atomic E-state index is 13.4. The SMILES string of the molecule is Cl.O=C(N1CCC2(CCNC2)CC1)C12CC3CC(CC(C3)C1)C2. The Morgan fingerprint density at radius 1 is 0.913 bits per heavy atom. The molecule has 1 N–H and O–H groups in total.